The van der Waals surface area contributed by atoms with E-state index in [1.54, 1.807) is 4.90 Å². The molecule has 4 heterocycles. The molecule has 3 aliphatic heterocycles. The van der Waals surface area contributed by atoms with Crippen molar-refractivity contribution >= 4 is 17.6 Å². The lowest BCUT2D eigenvalue weighted by molar-refractivity contribution is 0.0240. The number of aryl methyl sites for hydroxylation is 1. The van der Waals surface area contributed by atoms with Gasteiger partial charge in [-0.05, 0) is 78.2 Å². The third-order valence-corrected chi connectivity index (χ3v) is 8.11. The number of hydrogen-bond acceptors (Lipinski definition) is 8. The summed E-state index contributed by atoms with van der Waals surface area (Å²) in [5.74, 6) is 1.46. The summed E-state index contributed by atoms with van der Waals surface area (Å²) in [5, 5.41) is 0. The number of aromatic nitrogens is 2. The van der Waals surface area contributed by atoms with Crippen LogP contribution in [0.2, 0.25) is 0 Å². The minimum Gasteiger partial charge on any atom is -0.463 e. The molecule has 9 nitrogen and oxygen atoms in total. The van der Waals surface area contributed by atoms with E-state index in [-0.39, 0.29) is 6.09 Å². The van der Waals surface area contributed by atoms with Gasteiger partial charge in [-0.1, -0.05) is 12.1 Å². The monoisotopic (exact) mass is 536 g/mol. The van der Waals surface area contributed by atoms with Gasteiger partial charge in [0.2, 0.25) is 0 Å². The highest BCUT2D eigenvalue weighted by Gasteiger charge is 2.31. The van der Waals surface area contributed by atoms with E-state index in [1.807, 2.05) is 20.8 Å². The number of carbonyl (C=O) groups excluding carboxylic acids is 1. The summed E-state index contributed by atoms with van der Waals surface area (Å²) in [6, 6.07) is 6.98. The first kappa shape index (κ1) is 27.5. The lowest BCUT2D eigenvalue weighted by Gasteiger charge is -2.38. The first-order valence-corrected chi connectivity index (χ1v) is 14.3. The molecule has 0 bridgehead atoms. The minimum atomic E-state index is -0.498. The van der Waals surface area contributed by atoms with Crippen molar-refractivity contribution in [3.8, 4) is 6.01 Å². The number of carbonyl (C=O) groups is 1. The van der Waals surface area contributed by atoms with Gasteiger partial charge in [0.05, 0.1) is 18.8 Å². The Hall–Kier alpha value is -3.07. The Balaban J connectivity index is 1.37. The number of benzene rings is 1. The average Bonchev–Trinajstić information content (AvgIpc) is 3.32. The molecule has 212 valence electrons. The van der Waals surface area contributed by atoms with Crippen LogP contribution >= 0.6 is 0 Å². The molecule has 0 radical (unpaired) electrons. The molecule has 5 rings (SSSR count). The Labute approximate surface area is 233 Å². The standard InChI is InChI=1S/C30H44N6O3/c1-21-8-7-9-26(22(21)2)36-13-11-24-25(19-36)31-28(38-20-23-10-12-33(6)18-23)32-27(24)34-14-16-35(17-15-34)29(37)39-30(3,4)5/h7-9,23H,10-20H2,1-6H3/t23-/m1/s1. The Kier molecular flexibility index (Phi) is 7.89. The number of amides is 1. The van der Waals surface area contributed by atoms with Crippen LogP contribution in [0, 0.1) is 19.8 Å². The molecule has 2 fully saturated rings. The minimum absolute atomic E-state index is 0.249. The fourth-order valence-corrected chi connectivity index (χ4v) is 5.78. The highest BCUT2D eigenvalue weighted by molar-refractivity contribution is 5.69. The smallest absolute Gasteiger partial charge is 0.410 e. The molecule has 0 N–H and O–H groups in total. The van der Waals surface area contributed by atoms with Gasteiger partial charge in [-0.15, -0.1) is 0 Å². The lowest BCUT2D eigenvalue weighted by atomic mass is 10.0. The maximum Gasteiger partial charge on any atom is 0.410 e. The van der Waals surface area contributed by atoms with Gasteiger partial charge in [-0.2, -0.15) is 9.97 Å². The van der Waals surface area contributed by atoms with Gasteiger partial charge in [-0.3, -0.25) is 0 Å². The summed E-state index contributed by atoms with van der Waals surface area (Å²) in [4.78, 5) is 31.4. The van der Waals surface area contributed by atoms with E-state index in [0.717, 1.165) is 50.5 Å². The summed E-state index contributed by atoms with van der Waals surface area (Å²) in [6.45, 7) is 17.1. The fraction of sp³-hybridized carbons (Fsp3) is 0.633. The van der Waals surface area contributed by atoms with E-state index in [4.69, 9.17) is 19.4 Å². The molecule has 1 amide bonds. The van der Waals surface area contributed by atoms with Crippen LogP contribution in [0.3, 0.4) is 0 Å². The van der Waals surface area contributed by atoms with E-state index in [0.29, 0.717) is 44.7 Å². The van der Waals surface area contributed by atoms with Crippen LogP contribution in [0.25, 0.3) is 0 Å². The predicted octanol–water partition coefficient (Wildman–Crippen LogP) is 4.04. The maximum atomic E-state index is 12.6. The number of nitrogens with zero attached hydrogens (tertiary/aromatic N) is 6. The summed E-state index contributed by atoms with van der Waals surface area (Å²) >= 11 is 0. The molecule has 1 aromatic heterocycles. The quantitative estimate of drug-likeness (QED) is 0.567. The second kappa shape index (κ2) is 11.2. The van der Waals surface area contributed by atoms with Crippen molar-refractivity contribution in [3.63, 3.8) is 0 Å². The van der Waals surface area contributed by atoms with Gasteiger partial charge in [0.15, 0.2) is 0 Å². The first-order valence-electron chi connectivity index (χ1n) is 14.3. The van der Waals surface area contributed by atoms with Crippen LogP contribution in [0.1, 0.15) is 49.6 Å². The van der Waals surface area contributed by atoms with Crippen LogP contribution in [-0.2, 0) is 17.7 Å². The number of ether oxygens (including phenoxy) is 2. The fourth-order valence-electron chi connectivity index (χ4n) is 5.78. The van der Waals surface area contributed by atoms with Crippen molar-refractivity contribution in [1.29, 1.82) is 0 Å². The second-order valence-corrected chi connectivity index (χ2v) is 12.3. The number of fused-ring (bicyclic) bond motifs is 1. The van der Waals surface area contributed by atoms with Crippen LogP contribution in [0.15, 0.2) is 18.2 Å². The van der Waals surface area contributed by atoms with E-state index < -0.39 is 5.60 Å². The van der Waals surface area contributed by atoms with Gasteiger partial charge < -0.3 is 29.1 Å². The van der Waals surface area contributed by atoms with Gasteiger partial charge in [0.25, 0.3) is 0 Å². The predicted molar refractivity (Wildman–Crippen MR) is 154 cm³/mol. The molecule has 3 aliphatic rings. The van der Waals surface area contributed by atoms with Crippen molar-refractivity contribution in [1.82, 2.24) is 19.8 Å². The summed E-state index contributed by atoms with van der Waals surface area (Å²) < 4.78 is 11.9. The van der Waals surface area contributed by atoms with E-state index in [9.17, 15) is 4.79 Å². The topological polar surface area (TPSA) is 74.3 Å². The van der Waals surface area contributed by atoms with Gasteiger partial charge in [0, 0.05) is 56.4 Å². The molecule has 0 spiro atoms. The Morgan fingerprint density at radius 3 is 2.49 bits per heavy atom. The summed E-state index contributed by atoms with van der Waals surface area (Å²) in [5.41, 5.74) is 5.63. The molecule has 0 unspecified atom stereocenters. The average molecular weight is 537 g/mol. The molecular formula is C30H44N6O3. The summed E-state index contributed by atoms with van der Waals surface area (Å²) in [6.07, 6.45) is 1.76. The zero-order chi connectivity index (χ0) is 27.7. The molecule has 2 aromatic rings. The number of anilines is 2. The second-order valence-electron chi connectivity index (χ2n) is 12.3. The molecular weight excluding hydrogens is 492 g/mol. The molecule has 1 aromatic carbocycles. The summed E-state index contributed by atoms with van der Waals surface area (Å²) in [7, 11) is 2.16. The Morgan fingerprint density at radius 1 is 1.03 bits per heavy atom. The van der Waals surface area contributed by atoms with E-state index >= 15 is 0 Å². The van der Waals surface area contributed by atoms with Gasteiger partial charge in [-0.25, -0.2) is 4.79 Å². The molecule has 2 saturated heterocycles. The number of likely N-dealkylation sites (tertiary alicyclic amines) is 1. The Bertz CT molecular complexity index is 1190. The largest absolute Gasteiger partial charge is 0.463 e. The van der Waals surface area contributed by atoms with Crippen molar-refractivity contribution in [2.75, 3.05) is 69.3 Å². The molecule has 9 heteroatoms. The number of piperazine rings is 1. The van der Waals surface area contributed by atoms with Crippen LogP contribution in [0.5, 0.6) is 6.01 Å². The SMILES string of the molecule is Cc1cccc(N2CCc3c(nc(OC[C@@H]4CCN(C)C4)nc3N3CCN(C(=O)OC(C)(C)C)CC3)C2)c1C. The van der Waals surface area contributed by atoms with Crippen molar-refractivity contribution in [3.05, 3.63) is 40.6 Å². The normalized spacial score (nSPS) is 20.3. The maximum absolute atomic E-state index is 12.6. The number of rotatable bonds is 5. The highest BCUT2D eigenvalue weighted by Crippen LogP contribution is 2.33. The highest BCUT2D eigenvalue weighted by atomic mass is 16.6. The third kappa shape index (κ3) is 6.40. The van der Waals surface area contributed by atoms with Crippen molar-refractivity contribution in [2.24, 2.45) is 5.92 Å². The first-order chi connectivity index (χ1) is 18.6. The Morgan fingerprint density at radius 2 is 1.79 bits per heavy atom. The van der Waals surface area contributed by atoms with E-state index in [2.05, 4.69) is 53.8 Å². The van der Waals surface area contributed by atoms with Crippen molar-refractivity contribution in [2.45, 2.75) is 59.6 Å². The van der Waals surface area contributed by atoms with Gasteiger partial charge in [0.1, 0.15) is 11.4 Å². The van der Waals surface area contributed by atoms with E-state index in [1.165, 1.54) is 22.4 Å². The van der Waals surface area contributed by atoms with Crippen molar-refractivity contribution < 1.29 is 14.3 Å². The van der Waals surface area contributed by atoms with Crippen LogP contribution < -0.4 is 14.5 Å². The van der Waals surface area contributed by atoms with Crippen LogP contribution in [-0.4, -0.2) is 90.9 Å². The zero-order valence-corrected chi connectivity index (χ0v) is 24.5. The lowest BCUT2D eigenvalue weighted by Crippen LogP contribution is -2.50. The zero-order valence-electron chi connectivity index (χ0n) is 24.5. The molecule has 1 atom stereocenters. The molecule has 0 saturated carbocycles. The molecule has 0 aliphatic carbocycles. The third-order valence-electron chi connectivity index (χ3n) is 8.11. The number of hydrogen-bond donors (Lipinski definition) is 0. The van der Waals surface area contributed by atoms with Crippen LogP contribution in [0.4, 0.5) is 16.3 Å². The molecule has 39 heavy (non-hydrogen) atoms. The van der Waals surface area contributed by atoms with Gasteiger partial charge >= 0.3 is 12.1 Å².